The predicted octanol–water partition coefficient (Wildman–Crippen LogP) is 27.3. The van der Waals surface area contributed by atoms with Gasteiger partial charge in [-0.15, -0.1) is 11.3 Å². The second kappa shape index (κ2) is 23.0. The highest BCUT2D eigenvalue weighted by Gasteiger charge is 2.22. The van der Waals surface area contributed by atoms with Gasteiger partial charge in [-0.1, -0.05) is 224 Å². The van der Waals surface area contributed by atoms with E-state index in [0.29, 0.717) is 0 Å². The number of furan rings is 1. The third-order valence-electron chi connectivity index (χ3n) is 21.8. The van der Waals surface area contributed by atoms with Crippen LogP contribution in [0.3, 0.4) is 0 Å². The SMILES string of the molecule is c1cc(-c2ccc3sc4ccccc4c3c2)cc(-n2c3ccccc3c3cc(-c4ccc5c(c4)c4ccccc4n5-c4ccc5ccccc5c4)ccc32)c1.c1ccc2cc(-n3c4ccccc4c4cc(-c5ccc6c(c5)c5ccccc5n6-c5cccc6c5oc5ccccc56)ccc43)ccc2c1. The van der Waals surface area contributed by atoms with E-state index in [2.05, 4.69) is 370 Å². The van der Waals surface area contributed by atoms with E-state index in [1.54, 1.807) is 0 Å². The van der Waals surface area contributed by atoms with E-state index in [4.69, 9.17) is 4.42 Å². The minimum Gasteiger partial charge on any atom is -0.454 e. The molecule has 484 valence electrons. The van der Waals surface area contributed by atoms with Crippen LogP contribution in [-0.2, 0) is 0 Å². The first-order valence-corrected chi connectivity index (χ1v) is 36.4. The molecule has 0 amide bonds. The summed E-state index contributed by atoms with van der Waals surface area (Å²) in [6.45, 7) is 0. The Kier molecular flexibility index (Phi) is 12.9. The van der Waals surface area contributed by atoms with Crippen molar-refractivity contribution in [1.82, 2.24) is 18.3 Å². The maximum Gasteiger partial charge on any atom is 0.159 e. The van der Waals surface area contributed by atoms with E-state index in [1.807, 2.05) is 23.5 Å². The molecule has 0 aliphatic heterocycles. The Morgan fingerprint density at radius 1 is 0.192 bits per heavy atom. The van der Waals surface area contributed by atoms with Gasteiger partial charge in [0.05, 0.1) is 49.8 Å². The van der Waals surface area contributed by atoms with Gasteiger partial charge in [-0.25, -0.2) is 0 Å². The molecule has 0 aliphatic rings. The fourth-order valence-corrected chi connectivity index (χ4v) is 18.1. The number of nitrogens with zero attached hydrogens (tertiary/aromatic N) is 4. The van der Waals surface area contributed by atoms with Crippen molar-refractivity contribution < 1.29 is 4.42 Å². The Hall–Kier alpha value is -13.5. The van der Waals surface area contributed by atoms with Gasteiger partial charge in [0.1, 0.15) is 5.58 Å². The number of aromatic nitrogens is 4. The quantitative estimate of drug-likeness (QED) is 0.157. The van der Waals surface area contributed by atoms with Crippen LogP contribution in [0, 0.1) is 0 Å². The number of hydrogen-bond acceptors (Lipinski definition) is 2. The van der Waals surface area contributed by atoms with E-state index in [9.17, 15) is 0 Å². The smallest absolute Gasteiger partial charge is 0.159 e. The molecule has 0 N–H and O–H groups in total. The van der Waals surface area contributed by atoms with E-state index in [-0.39, 0.29) is 0 Å². The second-order valence-corrected chi connectivity index (χ2v) is 28.6. The van der Waals surface area contributed by atoms with Gasteiger partial charge < -0.3 is 22.7 Å². The summed E-state index contributed by atoms with van der Waals surface area (Å²) >= 11 is 1.86. The molecule has 0 unspecified atom stereocenters. The molecule has 17 aromatic carbocycles. The van der Waals surface area contributed by atoms with Gasteiger partial charge in [-0.3, -0.25) is 0 Å². The largest absolute Gasteiger partial charge is 0.454 e. The van der Waals surface area contributed by atoms with Gasteiger partial charge in [-0.2, -0.15) is 0 Å². The number of hydrogen-bond donors (Lipinski definition) is 0. The Bertz CT molecular complexity index is 7510. The summed E-state index contributed by atoms with van der Waals surface area (Å²) in [4.78, 5) is 0. The molecule has 0 radical (unpaired) electrons. The van der Waals surface area contributed by atoms with Gasteiger partial charge in [0.2, 0.25) is 0 Å². The number of benzene rings is 17. The fourth-order valence-electron chi connectivity index (χ4n) is 17.0. The lowest BCUT2D eigenvalue weighted by Crippen LogP contribution is -1.94. The van der Waals surface area contributed by atoms with Crippen molar-refractivity contribution in [1.29, 1.82) is 0 Å². The molecule has 104 heavy (non-hydrogen) atoms. The lowest BCUT2D eigenvalue weighted by atomic mass is 10.0. The molecule has 23 aromatic rings. The van der Waals surface area contributed by atoms with Crippen LogP contribution in [-0.4, -0.2) is 18.3 Å². The monoisotopic (exact) mass is 1340 g/mol. The van der Waals surface area contributed by atoms with Crippen LogP contribution in [0.15, 0.2) is 368 Å². The van der Waals surface area contributed by atoms with Crippen molar-refractivity contribution in [2.75, 3.05) is 0 Å². The average molecular weight is 1340 g/mol. The van der Waals surface area contributed by atoms with E-state index in [1.165, 1.54) is 163 Å². The molecule has 0 atom stereocenters. The van der Waals surface area contributed by atoms with Crippen LogP contribution in [0.5, 0.6) is 0 Å². The minimum atomic E-state index is 0.906. The molecule has 0 aliphatic carbocycles. The molecule has 0 spiro atoms. The second-order valence-electron chi connectivity index (χ2n) is 27.5. The van der Waals surface area contributed by atoms with Crippen molar-refractivity contribution in [2.45, 2.75) is 0 Å². The topological polar surface area (TPSA) is 32.9 Å². The van der Waals surface area contributed by atoms with Gasteiger partial charge >= 0.3 is 0 Å². The van der Waals surface area contributed by atoms with Crippen LogP contribution < -0.4 is 0 Å². The summed E-state index contributed by atoms with van der Waals surface area (Å²) in [6, 6.07) is 133. The van der Waals surface area contributed by atoms with E-state index in [0.717, 1.165) is 44.3 Å². The highest BCUT2D eigenvalue weighted by molar-refractivity contribution is 7.25. The lowest BCUT2D eigenvalue weighted by molar-refractivity contribution is 0.666. The summed E-state index contributed by atoms with van der Waals surface area (Å²) < 4.78 is 18.8. The standard InChI is InChI=1S/C52H32N2S.C46H28N2O/c1-2-11-34-28-40(24-20-33(34)10-1)54-48-18-7-4-15-42(48)45-31-37(22-26-50(45)54)36-21-25-49-44(30-36)41-14-3-6-17-47(41)53(49)39-13-9-12-35(29-39)38-23-27-52-46(32-38)43-16-5-8-19-51(43)55-52;1-2-11-30-26-33(23-20-29(30)10-1)47-40-16-6-3-12-34(40)38-27-31(21-24-42(38)47)32-22-25-43-39(28-32)35-13-4-7-17-41(35)48(43)44-18-9-15-37-36-14-5-8-19-45(36)49-46(37)44/h1-32H;1-28H. The van der Waals surface area contributed by atoms with E-state index < -0.39 is 0 Å². The van der Waals surface area contributed by atoms with Crippen LogP contribution in [0.4, 0.5) is 0 Å². The molecule has 0 fully saturated rings. The predicted molar refractivity (Wildman–Crippen MR) is 442 cm³/mol. The summed E-state index contributed by atoms with van der Waals surface area (Å²) in [5.41, 5.74) is 23.2. The molecule has 0 bridgehead atoms. The highest BCUT2D eigenvalue weighted by Crippen LogP contribution is 2.45. The van der Waals surface area contributed by atoms with Crippen LogP contribution in [0.2, 0.25) is 0 Å². The molecular formula is C98H60N4OS. The molecule has 0 saturated carbocycles. The van der Waals surface area contributed by atoms with Crippen molar-refractivity contribution >= 4 is 162 Å². The summed E-state index contributed by atoms with van der Waals surface area (Å²) in [7, 11) is 0. The first-order chi connectivity index (χ1) is 51.5. The van der Waals surface area contributed by atoms with Gasteiger partial charge in [-0.05, 0) is 194 Å². The van der Waals surface area contributed by atoms with Crippen LogP contribution in [0.1, 0.15) is 0 Å². The minimum absolute atomic E-state index is 0.906. The molecule has 6 heterocycles. The van der Waals surface area contributed by atoms with Crippen molar-refractivity contribution in [3.63, 3.8) is 0 Å². The summed E-state index contributed by atoms with van der Waals surface area (Å²) in [5, 5.41) is 19.9. The maximum atomic E-state index is 6.51. The molecule has 23 rings (SSSR count). The molecular weight excluding hydrogens is 1280 g/mol. The first-order valence-electron chi connectivity index (χ1n) is 35.6. The third-order valence-corrected chi connectivity index (χ3v) is 22.9. The van der Waals surface area contributed by atoms with E-state index >= 15 is 0 Å². The zero-order valence-corrected chi connectivity index (χ0v) is 57.1. The van der Waals surface area contributed by atoms with Crippen molar-refractivity contribution in [2.24, 2.45) is 0 Å². The Morgan fingerprint density at radius 2 is 0.548 bits per heavy atom. The van der Waals surface area contributed by atoms with Gasteiger partial charge in [0, 0.05) is 91.1 Å². The molecule has 0 saturated heterocycles. The molecule has 5 nitrogen and oxygen atoms in total. The Morgan fingerprint density at radius 3 is 1.07 bits per heavy atom. The zero-order valence-electron chi connectivity index (χ0n) is 56.2. The van der Waals surface area contributed by atoms with Gasteiger partial charge in [0.15, 0.2) is 5.58 Å². The normalized spacial score (nSPS) is 12.0. The number of para-hydroxylation sites is 6. The van der Waals surface area contributed by atoms with Crippen molar-refractivity contribution in [3.05, 3.63) is 364 Å². The summed E-state index contributed by atoms with van der Waals surface area (Å²) in [5.74, 6) is 0. The summed E-state index contributed by atoms with van der Waals surface area (Å²) in [6.07, 6.45) is 0. The lowest BCUT2D eigenvalue weighted by Gasteiger charge is -2.11. The highest BCUT2D eigenvalue weighted by atomic mass is 32.1. The molecule has 6 aromatic heterocycles. The fraction of sp³-hybridized carbons (Fsp3) is 0. The number of fused-ring (bicyclic) bond motifs is 20. The third kappa shape index (κ3) is 9.05. The average Bonchev–Trinajstić information content (AvgIpc) is 1.60. The number of rotatable bonds is 7. The molecule has 6 heteroatoms. The Balaban J connectivity index is 0.000000132. The Labute approximate surface area is 601 Å². The van der Waals surface area contributed by atoms with Crippen LogP contribution in [0.25, 0.3) is 207 Å². The number of thiophene rings is 1. The van der Waals surface area contributed by atoms with Crippen LogP contribution >= 0.6 is 11.3 Å². The maximum absolute atomic E-state index is 6.51. The van der Waals surface area contributed by atoms with Gasteiger partial charge in [0.25, 0.3) is 0 Å². The zero-order chi connectivity index (χ0) is 68.1. The van der Waals surface area contributed by atoms with Crippen molar-refractivity contribution in [3.8, 4) is 56.1 Å². The first kappa shape index (κ1) is 58.3.